The number of amides is 1. The summed E-state index contributed by atoms with van der Waals surface area (Å²) < 4.78 is 23.4. The topological polar surface area (TPSA) is 50.8 Å². The number of carbonyl (C=O) groups excluding carboxylic acids is 1. The second kappa shape index (κ2) is 9.47. The maximum atomic E-state index is 13.0. The molecule has 1 aromatic rings. The van der Waals surface area contributed by atoms with Crippen LogP contribution in [-0.2, 0) is 9.53 Å². The molecule has 1 saturated heterocycles. The molecule has 128 valence electrons. The summed E-state index contributed by atoms with van der Waals surface area (Å²) in [6.45, 7) is 4.41. The molecule has 0 aliphatic carbocycles. The molecule has 1 heterocycles. The standard InChI is InChI=1S/C17H25FN2O3/c1-22-10-9-20-7-5-14(6-8-20)12-19-17(21)13-23-16-4-2-3-15(18)11-16/h2-4,11,14H,5-10,12-13H2,1H3,(H,19,21). The van der Waals surface area contributed by atoms with Gasteiger partial charge in [0.05, 0.1) is 6.61 Å². The number of likely N-dealkylation sites (tertiary alicyclic amines) is 1. The first-order chi connectivity index (χ1) is 11.2. The molecule has 1 fully saturated rings. The first-order valence-corrected chi connectivity index (χ1v) is 8.03. The molecule has 1 N–H and O–H groups in total. The van der Waals surface area contributed by atoms with Gasteiger partial charge in [0.1, 0.15) is 11.6 Å². The predicted molar refractivity (Wildman–Crippen MR) is 85.9 cm³/mol. The van der Waals surface area contributed by atoms with Gasteiger partial charge in [-0.2, -0.15) is 0 Å². The Morgan fingerprint density at radius 3 is 2.87 bits per heavy atom. The molecule has 1 aliphatic rings. The highest BCUT2D eigenvalue weighted by atomic mass is 19.1. The Hall–Kier alpha value is -1.66. The zero-order valence-electron chi connectivity index (χ0n) is 13.6. The van der Waals surface area contributed by atoms with Crippen LogP contribution in [0.25, 0.3) is 0 Å². The average molecular weight is 324 g/mol. The zero-order valence-corrected chi connectivity index (χ0v) is 13.6. The number of hydrogen-bond acceptors (Lipinski definition) is 4. The Kier molecular flexibility index (Phi) is 7.29. The lowest BCUT2D eigenvalue weighted by Crippen LogP contribution is -2.40. The maximum absolute atomic E-state index is 13.0. The number of rotatable bonds is 8. The molecule has 1 aromatic carbocycles. The fourth-order valence-electron chi connectivity index (χ4n) is 2.65. The third-order valence-electron chi connectivity index (χ3n) is 4.07. The van der Waals surface area contributed by atoms with E-state index in [0.717, 1.165) is 39.1 Å². The number of methoxy groups -OCH3 is 1. The Morgan fingerprint density at radius 1 is 1.39 bits per heavy atom. The first kappa shape index (κ1) is 17.7. The molecular formula is C17H25FN2O3. The van der Waals surface area contributed by atoms with Gasteiger partial charge in [-0.05, 0) is 44.0 Å². The smallest absolute Gasteiger partial charge is 0.257 e. The van der Waals surface area contributed by atoms with Gasteiger partial charge in [0.25, 0.3) is 5.91 Å². The molecule has 1 aliphatic heterocycles. The summed E-state index contributed by atoms with van der Waals surface area (Å²) >= 11 is 0. The van der Waals surface area contributed by atoms with Crippen molar-refractivity contribution in [3.63, 3.8) is 0 Å². The van der Waals surface area contributed by atoms with Crippen molar-refractivity contribution >= 4 is 5.91 Å². The summed E-state index contributed by atoms with van der Waals surface area (Å²) in [5.74, 6) is 0.331. The van der Waals surface area contributed by atoms with Crippen molar-refractivity contribution < 1.29 is 18.7 Å². The predicted octanol–water partition coefficient (Wildman–Crippen LogP) is 1.68. The number of ether oxygens (including phenoxy) is 2. The molecule has 5 nitrogen and oxygen atoms in total. The highest BCUT2D eigenvalue weighted by Gasteiger charge is 2.19. The van der Waals surface area contributed by atoms with E-state index in [1.807, 2.05) is 0 Å². The van der Waals surface area contributed by atoms with Crippen LogP contribution in [0.2, 0.25) is 0 Å². The van der Waals surface area contributed by atoms with Gasteiger partial charge in [0.2, 0.25) is 0 Å². The lowest BCUT2D eigenvalue weighted by Gasteiger charge is -2.31. The van der Waals surface area contributed by atoms with Gasteiger partial charge in [-0.1, -0.05) is 6.07 Å². The van der Waals surface area contributed by atoms with Crippen LogP contribution in [-0.4, -0.2) is 57.3 Å². The number of carbonyl (C=O) groups is 1. The molecule has 0 radical (unpaired) electrons. The molecule has 0 atom stereocenters. The van der Waals surface area contributed by atoms with E-state index in [-0.39, 0.29) is 18.3 Å². The molecule has 0 unspecified atom stereocenters. The SMILES string of the molecule is COCCN1CCC(CNC(=O)COc2cccc(F)c2)CC1. The Bertz CT molecular complexity index is 490. The van der Waals surface area contributed by atoms with Crippen LogP contribution in [0.4, 0.5) is 4.39 Å². The van der Waals surface area contributed by atoms with Crippen molar-refractivity contribution in [3.05, 3.63) is 30.1 Å². The molecule has 0 aromatic heterocycles. The number of nitrogens with zero attached hydrogens (tertiary/aromatic N) is 1. The fourth-order valence-corrected chi connectivity index (χ4v) is 2.65. The van der Waals surface area contributed by atoms with Crippen LogP contribution < -0.4 is 10.1 Å². The Labute approximate surface area is 136 Å². The number of piperidine rings is 1. The molecule has 6 heteroatoms. The van der Waals surface area contributed by atoms with Gasteiger partial charge in [-0.15, -0.1) is 0 Å². The second-order valence-electron chi connectivity index (χ2n) is 5.83. The van der Waals surface area contributed by atoms with E-state index < -0.39 is 0 Å². The van der Waals surface area contributed by atoms with Crippen molar-refractivity contribution in [3.8, 4) is 5.75 Å². The summed E-state index contributed by atoms with van der Waals surface area (Å²) in [6.07, 6.45) is 2.16. The van der Waals surface area contributed by atoms with E-state index in [9.17, 15) is 9.18 Å². The normalized spacial score (nSPS) is 16.3. The number of halogens is 1. The zero-order chi connectivity index (χ0) is 16.5. The van der Waals surface area contributed by atoms with Crippen molar-refractivity contribution in [1.82, 2.24) is 10.2 Å². The molecular weight excluding hydrogens is 299 g/mol. The van der Waals surface area contributed by atoms with Gasteiger partial charge >= 0.3 is 0 Å². The largest absolute Gasteiger partial charge is 0.484 e. The minimum Gasteiger partial charge on any atom is -0.484 e. The van der Waals surface area contributed by atoms with Gasteiger partial charge < -0.3 is 19.7 Å². The van der Waals surface area contributed by atoms with Gasteiger partial charge in [-0.3, -0.25) is 4.79 Å². The van der Waals surface area contributed by atoms with E-state index in [1.165, 1.54) is 12.1 Å². The van der Waals surface area contributed by atoms with Crippen molar-refractivity contribution in [2.24, 2.45) is 5.92 Å². The highest BCUT2D eigenvalue weighted by molar-refractivity contribution is 5.77. The summed E-state index contributed by atoms with van der Waals surface area (Å²) in [7, 11) is 1.72. The maximum Gasteiger partial charge on any atom is 0.257 e. The minimum atomic E-state index is -0.372. The lowest BCUT2D eigenvalue weighted by molar-refractivity contribution is -0.123. The summed E-state index contributed by atoms with van der Waals surface area (Å²) in [5, 5.41) is 2.89. The van der Waals surface area contributed by atoms with E-state index in [2.05, 4.69) is 10.2 Å². The third-order valence-corrected chi connectivity index (χ3v) is 4.07. The van der Waals surface area contributed by atoms with E-state index in [1.54, 1.807) is 19.2 Å². The van der Waals surface area contributed by atoms with Gasteiger partial charge in [0, 0.05) is 26.3 Å². The number of benzene rings is 1. The van der Waals surface area contributed by atoms with E-state index >= 15 is 0 Å². The molecule has 1 amide bonds. The van der Waals surface area contributed by atoms with E-state index in [0.29, 0.717) is 18.2 Å². The fraction of sp³-hybridized carbons (Fsp3) is 0.588. The highest BCUT2D eigenvalue weighted by Crippen LogP contribution is 2.16. The number of nitrogens with one attached hydrogen (secondary N) is 1. The second-order valence-corrected chi connectivity index (χ2v) is 5.83. The van der Waals surface area contributed by atoms with Crippen LogP contribution in [0, 0.1) is 11.7 Å². The van der Waals surface area contributed by atoms with Gasteiger partial charge in [-0.25, -0.2) is 4.39 Å². The minimum absolute atomic E-state index is 0.0872. The van der Waals surface area contributed by atoms with Crippen LogP contribution in [0.5, 0.6) is 5.75 Å². The third kappa shape index (κ3) is 6.54. The molecule has 0 spiro atoms. The lowest BCUT2D eigenvalue weighted by atomic mass is 9.97. The average Bonchev–Trinajstić information content (AvgIpc) is 2.57. The van der Waals surface area contributed by atoms with Crippen LogP contribution in [0.15, 0.2) is 24.3 Å². The van der Waals surface area contributed by atoms with Crippen LogP contribution in [0.3, 0.4) is 0 Å². The monoisotopic (exact) mass is 324 g/mol. The summed E-state index contributed by atoms with van der Waals surface area (Å²) in [6, 6.07) is 5.79. The summed E-state index contributed by atoms with van der Waals surface area (Å²) in [4.78, 5) is 14.2. The van der Waals surface area contributed by atoms with Crippen molar-refractivity contribution in [2.75, 3.05) is 46.5 Å². The van der Waals surface area contributed by atoms with Crippen molar-refractivity contribution in [1.29, 1.82) is 0 Å². The number of hydrogen-bond donors (Lipinski definition) is 1. The molecule has 0 saturated carbocycles. The van der Waals surface area contributed by atoms with Crippen molar-refractivity contribution in [2.45, 2.75) is 12.8 Å². The Morgan fingerprint density at radius 2 is 2.17 bits per heavy atom. The Balaban J connectivity index is 1.60. The van der Waals surface area contributed by atoms with Crippen LogP contribution in [0.1, 0.15) is 12.8 Å². The quantitative estimate of drug-likeness (QED) is 0.790. The van der Waals surface area contributed by atoms with Crippen LogP contribution >= 0.6 is 0 Å². The molecule has 2 rings (SSSR count). The first-order valence-electron chi connectivity index (χ1n) is 8.03. The van der Waals surface area contributed by atoms with E-state index in [4.69, 9.17) is 9.47 Å². The molecule has 0 bridgehead atoms. The summed E-state index contributed by atoms with van der Waals surface area (Å²) in [5.41, 5.74) is 0. The van der Waals surface area contributed by atoms with Gasteiger partial charge in [0.15, 0.2) is 6.61 Å². The molecule has 23 heavy (non-hydrogen) atoms.